The number of nitro benzene ring substituents is 1. The van der Waals surface area contributed by atoms with Crippen LogP contribution < -0.4 is 0 Å². The lowest BCUT2D eigenvalue weighted by Gasteiger charge is -2.21. The monoisotopic (exact) mass is 365 g/mol. The highest BCUT2D eigenvalue weighted by Gasteiger charge is 2.47. The van der Waals surface area contributed by atoms with Crippen molar-refractivity contribution in [1.82, 2.24) is 9.97 Å². The first kappa shape index (κ1) is 17.4. The second kappa shape index (κ2) is 6.47. The lowest BCUT2D eigenvalue weighted by atomic mass is 10.1. The number of nitro groups is 1. The zero-order valence-corrected chi connectivity index (χ0v) is 12.9. The number of ether oxygens (including phenoxy) is 1. The van der Waals surface area contributed by atoms with E-state index in [2.05, 4.69) is 14.7 Å². The number of benzene rings is 1. The summed E-state index contributed by atoms with van der Waals surface area (Å²) in [5, 5.41) is 11.3. The van der Waals surface area contributed by atoms with Crippen LogP contribution in [0.2, 0.25) is 0 Å². The summed E-state index contributed by atoms with van der Waals surface area (Å²) in [7, 11) is 0. The van der Waals surface area contributed by atoms with E-state index in [0.29, 0.717) is 5.65 Å². The van der Waals surface area contributed by atoms with Crippen LogP contribution >= 0.6 is 0 Å². The second-order valence-corrected chi connectivity index (χ2v) is 5.24. The molecule has 3 rings (SSSR count). The first-order chi connectivity index (χ1) is 12.3. The molecule has 1 atom stereocenters. The van der Waals surface area contributed by atoms with Gasteiger partial charge < -0.3 is 9.72 Å². The molecule has 0 saturated heterocycles. The van der Waals surface area contributed by atoms with Crippen molar-refractivity contribution >= 4 is 22.7 Å². The number of aromatic nitrogens is 2. The number of nitrogens with zero attached hydrogens (tertiary/aromatic N) is 2. The van der Waals surface area contributed by atoms with E-state index < -0.39 is 34.4 Å². The van der Waals surface area contributed by atoms with E-state index >= 15 is 0 Å². The third-order valence-corrected chi connectivity index (χ3v) is 3.62. The zero-order chi connectivity index (χ0) is 18.9. The van der Waals surface area contributed by atoms with E-state index in [-0.39, 0.29) is 10.9 Å². The molecule has 26 heavy (non-hydrogen) atoms. The highest BCUT2D eigenvalue weighted by molar-refractivity contribution is 6.02. The van der Waals surface area contributed by atoms with E-state index in [1.165, 1.54) is 36.7 Å². The molecule has 0 radical (unpaired) electrons. The van der Waals surface area contributed by atoms with Crippen molar-refractivity contribution in [2.24, 2.45) is 0 Å². The van der Waals surface area contributed by atoms with Crippen LogP contribution in [-0.2, 0) is 4.74 Å². The van der Waals surface area contributed by atoms with Crippen LogP contribution in [0.3, 0.4) is 0 Å². The summed E-state index contributed by atoms with van der Waals surface area (Å²) in [6, 6.07) is 6.92. The number of carbonyl (C=O) groups is 1. The number of halogens is 3. The van der Waals surface area contributed by atoms with Crippen LogP contribution in [0.5, 0.6) is 0 Å². The molecule has 1 N–H and O–H groups in total. The van der Waals surface area contributed by atoms with Gasteiger partial charge in [0.05, 0.1) is 16.1 Å². The molecule has 2 heterocycles. The third kappa shape index (κ3) is 3.21. The molecule has 7 nitrogen and oxygen atoms in total. The Morgan fingerprint density at radius 2 is 1.96 bits per heavy atom. The summed E-state index contributed by atoms with van der Waals surface area (Å²) in [5.41, 5.74) is -1.38. The Morgan fingerprint density at radius 3 is 2.65 bits per heavy atom. The second-order valence-electron chi connectivity index (χ2n) is 5.24. The van der Waals surface area contributed by atoms with Gasteiger partial charge in [0.1, 0.15) is 5.65 Å². The van der Waals surface area contributed by atoms with Crippen LogP contribution in [0.15, 0.2) is 48.8 Å². The minimum atomic E-state index is -5.04. The van der Waals surface area contributed by atoms with Gasteiger partial charge in [-0.2, -0.15) is 13.2 Å². The highest BCUT2D eigenvalue weighted by atomic mass is 19.4. The maximum Gasteiger partial charge on any atom is 0.430 e. The minimum Gasteiger partial charge on any atom is -0.444 e. The van der Waals surface area contributed by atoms with Crippen molar-refractivity contribution in [3.05, 3.63) is 70.0 Å². The number of pyridine rings is 1. The molecule has 0 spiro atoms. The number of aromatic amines is 1. The standard InChI is InChI=1S/C16H10F3N3O4/c17-16(18,19)13(11-3-1-2-4-12(11)22(24)25)26-15(23)10-6-8-21-14-9(10)5-7-20-14/h1-8,13H,(H,20,21). The molecule has 0 aliphatic carbocycles. The number of H-pyrrole nitrogens is 1. The minimum absolute atomic E-state index is 0.135. The molecule has 1 unspecified atom stereocenters. The number of para-hydroxylation sites is 1. The average molecular weight is 365 g/mol. The van der Waals surface area contributed by atoms with E-state index in [1.54, 1.807) is 0 Å². The van der Waals surface area contributed by atoms with Crippen LogP contribution in [0.4, 0.5) is 18.9 Å². The van der Waals surface area contributed by atoms with Crippen molar-refractivity contribution in [3.8, 4) is 0 Å². The molecular formula is C16H10F3N3O4. The number of nitrogens with one attached hydrogen (secondary N) is 1. The van der Waals surface area contributed by atoms with Crippen molar-refractivity contribution in [3.63, 3.8) is 0 Å². The Balaban J connectivity index is 2.02. The Hall–Kier alpha value is -3.43. The largest absolute Gasteiger partial charge is 0.444 e. The van der Waals surface area contributed by atoms with Gasteiger partial charge in [-0.3, -0.25) is 10.1 Å². The summed E-state index contributed by atoms with van der Waals surface area (Å²) in [6.07, 6.45) is -5.11. The topological polar surface area (TPSA) is 98.1 Å². The van der Waals surface area contributed by atoms with Gasteiger partial charge in [-0.25, -0.2) is 9.78 Å². The van der Waals surface area contributed by atoms with Crippen LogP contribution in [0.25, 0.3) is 11.0 Å². The predicted molar refractivity (Wildman–Crippen MR) is 83.4 cm³/mol. The predicted octanol–water partition coefficient (Wildman–Crippen LogP) is 3.93. The summed E-state index contributed by atoms with van der Waals surface area (Å²) < 4.78 is 45.0. The molecule has 10 heteroatoms. The Kier molecular flexibility index (Phi) is 4.33. The Labute approximate surface area is 143 Å². The number of hydrogen-bond acceptors (Lipinski definition) is 5. The van der Waals surface area contributed by atoms with E-state index in [9.17, 15) is 28.1 Å². The molecule has 3 aromatic rings. The molecule has 2 aromatic heterocycles. The maximum atomic E-state index is 13.5. The number of rotatable bonds is 4. The number of fused-ring (bicyclic) bond motifs is 1. The summed E-state index contributed by atoms with van der Waals surface area (Å²) >= 11 is 0. The van der Waals surface area contributed by atoms with Crippen molar-refractivity contribution in [1.29, 1.82) is 0 Å². The lowest BCUT2D eigenvalue weighted by molar-refractivity contribution is -0.387. The fraction of sp³-hybridized carbons (Fsp3) is 0.125. The number of esters is 1. The first-order valence-corrected chi connectivity index (χ1v) is 7.22. The molecule has 0 amide bonds. The van der Waals surface area contributed by atoms with Gasteiger partial charge in [0.2, 0.25) is 6.10 Å². The number of alkyl halides is 3. The summed E-state index contributed by atoms with van der Waals surface area (Å²) in [5.74, 6) is -1.27. The number of hydrogen-bond donors (Lipinski definition) is 1. The fourth-order valence-corrected chi connectivity index (χ4v) is 2.49. The Morgan fingerprint density at radius 1 is 1.23 bits per heavy atom. The third-order valence-electron chi connectivity index (χ3n) is 3.62. The van der Waals surface area contributed by atoms with Crippen LogP contribution in [0, 0.1) is 10.1 Å². The van der Waals surface area contributed by atoms with Gasteiger partial charge >= 0.3 is 12.1 Å². The molecule has 0 aliphatic heterocycles. The van der Waals surface area contributed by atoms with Gasteiger partial charge in [-0.1, -0.05) is 12.1 Å². The van der Waals surface area contributed by atoms with E-state index in [0.717, 1.165) is 12.1 Å². The highest BCUT2D eigenvalue weighted by Crippen LogP contribution is 2.40. The van der Waals surface area contributed by atoms with Crippen LogP contribution in [-0.4, -0.2) is 27.0 Å². The molecule has 134 valence electrons. The van der Waals surface area contributed by atoms with E-state index in [1.807, 2.05) is 0 Å². The molecule has 1 aromatic carbocycles. The normalized spacial score (nSPS) is 12.7. The van der Waals surface area contributed by atoms with Crippen LogP contribution in [0.1, 0.15) is 22.0 Å². The molecule has 0 aliphatic rings. The van der Waals surface area contributed by atoms with Crippen molar-refractivity contribution in [2.45, 2.75) is 12.3 Å². The van der Waals surface area contributed by atoms with Gasteiger partial charge in [-0.15, -0.1) is 0 Å². The molecule has 0 fully saturated rings. The van der Waals surface area contributed by atoms with Gasteiger partial charge in [0.25, 0.3) is 5.69 Å². The zero-order valence-electron chi connectivity index (χ0n) is 12.9. The first-order valence-electron chi connectivity index (χ1n) is 7.22. The van der Waals surface area contributed by atoms with E-state index in [4.69, 9.17) is 0 Å². The van der Waals surface area contributed by atoms with Gasteiger partial charge in [0.15, 0.2) is 0 Å². The summed E-state index contributed by atoms with van der Waals surface area (Å²) in [4.78, 5) is 29.1. The van der Waals surface area contributed by atoms with Gasteiger partial charge in [0, 0.05) is 23.8 Å². The Bertz CT molecular complexity index is 984. The SMILES string of the molecule is O=C(OC(c1ccccc1[N+](=O)[O-])C(F)(F)F)c1ccnc2[nH]ccc12. The average Bonchev–Trinajstić information content (AvgIpc) is 3.07. The molecule has 0 saturated carbocycles. The smallest absolute Gasteiger partial charge is 0.430 e. The van der Waals surface area contributed by atoms with Crippen molar-refractivity contribution in [2.75, 3.05) is 0 Å². The quantitative estimate of drug-likeness (QED) is 0.429. The summed E-state index contributed by atoms with van der Waals surface area (Å²) in [6.45, 7) is 0. The van der Waals surface area contributed by atoms with Gasteiger partial charge in [-0.05, 0) is 18.2 Å². The van der Waals surface area contributed by atoms with Crippen molar-refractivity contribution < 1.29 is 27.6 Å². The fourth-order valence-electron chi connectivity index (χ4n) is 2.49. The number of carbonyl (C=O) groups excluding carboxylic acids is 1. The molecular weight excluding hydrogens is 355 g/mol. The maximum absolute atomic E-state index is 13.5. The molecule has 0 bridgehead atoms. The lowest BCUT2D eigenvalue weighted by Crippen LogP contribution is -2.27.